The summed E-state index contributed by atoms with van der Waals surface area (Å²) in [6.45, 7) is 1.91. The molecule has 0 saturated carbocycles. The molecule has 0 bridgehead atoms. The normalized spacial score (nSPS) is 10.3. The molecule has 6 heteroatoms. The van der Waals surface area contributed by atoms with Crippen LogP contribution in [0.1, 0.15) is 23.0 Å². The van der Waals surface area contributed by atoms with Gasteiger partial charge in [0.05, 0.1) is 19.1 Å². The number of aryl methyl sites for hydroxylation is 1. The highest BCUT2D eigenvalue weighted by Crippen LogP contribution is 2.15. The van der Waals surface area contributed by atoms with Gasteiger partial charge in [0.2, 0.25) is 5.91 Å². The fourth-order valence-corrected chi connectivity index (χ4v) is 2.65. The van der Waals surface area contributed by atoms with Gasteiger partial charge in [-0.1, -0.05) is 43.3 Å². The van der Waals surface area contributed by atoms with Crippen molar-refractivity contribution in [3.63, 3.8) is 0 Å². The van der Waals surface area contributed by atoms with Crippen molar-refractivity contribution in [3.8, 4) is 5.69 Å². The Bertz CT molecular complexity index is 903. The molecule has 0 unspecified atom stereocenters. The number of anilines is 1. The lowest BCUT2D eigenvalue weighted by atomic mass is 10.1. The van der Waals surface area contributed by atoms with Gasteiger partial charge < -0.3 is 10.6 Å². The molecule has 1 heterocycles. The maximum Gasteiger partial charge on any atom is 0.270 e. The fourth-order valence-electron chi connectivity index (χ4n) is 2.65. The van der Waals surface area contributed by atoms with Crippen LogP contribution in [0.4, 0.5) is 5.69 Å². The van der Waals surface area contributed by atoms with Gasteiger partial charge in [0.15, 0.2) is 0 Å². The molecule has 2 N–H and O–H groups in total. The lowest BCUT2D eigenvalue weighted by Gasteiger charge is -2.11. The van der Waals surface area contributed by atoms with E-state index in [2.05, 4.69) is 15.6 Å². The monoisotopic (exact) mass is 348 g/mol. The minimum absolute atomic E-state index is 0.114. The number of carbonyl (C=O) groups is 2. The van der Waals surface area contributed by atoms with Crippen LogP contribution in [0, 0.1) is 0 Å². The Morgan fingerprint density at radius 2 is 1.77 bits per heavy atom. The van der Waals surface area contributed by atoms with E-state index in [9.17, 15) is 9.59 Å². The molecule has 0 spiro atoms. The van der Waals surface area contributed by atoms with Crippen molar-refractivity contribution in [2.45, 2.75) is 13.3 Å². The van der Waals surface area contributed by atoms with E-state index in [1.807, 2.05) is 61.5 Å². The summed E-state index contributed by atoms with van der Waals surface area (Å²) >= 11 is 0. The number of hydrogen-bond acceptors (Lipinski definition) is 3. The van der Waals surface area contributed by atoms with E-state index in [0.29, 0.717) is 5.69 Å². The largest absolute Gasteiger partial charge is 0.342 e. The molecular formula is C20H20N4O2. The van der Waals surface area contributed by atoms with Crippen molar-refractivity contribution in [1.82, 2.24) is 14.9 Å². The molecule has 1 aromatic heterocycles. The zero-order valence-corrected chi connectivity index (χ0v) is 14.5. The molecule has 6 nitrogen and oxygen atoms in total. The van der Waals surface area contributed by atoms with Gasteiger partial charge in [-0.2, -0.15) is 0 Å². The highest BCUT2D eigenvalue weighted by Gasteiger charge is 2.14. The number of amides is 2. The Kier molecular flexibility index (Phi) is 5.43. The Hall–Kier alpha value is -3.41. The molecule has 3 aromatic rings. The number of carbonyl (C=O) groups excluding carboxylic acids is 2. The number of imidazole rings is 1. The van der Waals surface area contributed by atoms with Crippen molar-refractivity contribution >= 4 is 17.5 Å². The topological polar surface area (TPSA) is 76.0 Å². The van der Waals surface area contributed by atoms with Crippen molar-refractivity contribution in [1.29, 1.82) is 0 Å². The number of nitrogens with one attached hydrogen (secondary N) is 2. The summed E-state index contributed by atoms with van der Waals surface area (Å²) in [5.41, 5.74) is 3.02. The van der Waals surface area contributed by atoms with Gasteiger partial charge in [-0.15, -0.1) is 0 Å². The van der Waals surface area contributed by atoms with E-state index in [1.54, 1.807) is 10.9 Å². The first-order chi connectivity index (χ1) is 12.7. The van der Waals surface area contributed by atoms with Gasteiger partial charge in [0.25, 0.3) is 5.91 Å². The molecule has 0 aliphatic heterocycles. The standard InChI is InChI=1S/C20H20N4O2/c1-2-15-8-6-7-11-17(15)23-19(25)13-22-20(26)18-12-21-14-24(18)16-9-4-3-5-10-16/h3-12,14H,2,13H2,1H3,(H,22,26)(H,23,25). The van der Waals surface area contributed by atoms with E-state index in [0.717, 1.165) is 23.4 Å². The zero-order valence-electron chi connectivity index (χ0n) is 14.5. The minimum atomic E-state index is -0.356. The Balaban J connectivity index is 1.63. The molecule has 132 valence electrons. The molecular weight excluding hydrogens is 328 g/mol. The Morgan fingerprint density at radius 3 is 2.54 bits per heavy atom. The average Bonchev–Trinajstić information content (AvgIpc) is 3.17. The van der Waals surface area contributed by atoms with Crippen LogP contribution in [0.25, 0.3) is 5.69 Å². The number of nitrogens with zero attached hydrogens (tertiary/aromatic N) is 2. The predicted octanol–water partition coefficient (Wildman–Crippen LogP) is 2.80. The summed E-state index contributed by atoms with van der Waals surface area (Å²) < 4.78 is 1.68. The summed E-state index contributed by atoms with van der Waals surface area (Å²) in [4.78, 5) is 28.6. The van der Waals surface area contributed by atoms with E-state index in [1.165, 1.54) is 6.20 Å². The number of benzene rings is 2. The lowest BCUT2D eigenvalue weighted by molar-refractivity contribution is -0.115. The number of para-hydroxylation sites is 2. The van der Waals surface area contributed by atoms with Crippen LogP contribution >= 0.6 is 0 Å². The van der Waals surface area contributed by atoms with Crippen LogP contribution in [0.5, 0.6) is 0 Å². The number of aromatic nitrogens is 2. The number of rotatable bonds is 6. The smallest absolute Gasteiger partial charge is 0.270 e. The second kappa shape index (κ2) is 8.11. The zero-order chi connectivity index (χ0) is 18.4. The third kappa shape index (κ3) is 3.97. The van der Waals surface area contributed by atoms with Crippen LogP contribution < -0.4 is 10.6 Å². The van der Waals surface area contributed by atoms with Crippen molar-refractivity contribution < 1.29 is 9.59 Å². The second-order valence-electron chi connectivity index (χ2n) is 5.73. The molecule has 3 rings (SSSR count). The summed E-state index contributed by atoms with van der Waals surface area (Å²) in [5.74, 6) is -0.629. The third-order valence-electron chi connectivity index (χ3n) is 3.99. The molecule has 0 saturated heterocycles. The maximum absolute atomic E-state index is 12.4. The van der Waals surface area contributed by atoms with Crippen LogP contribution in [-0.4, -0.2) is 27.9 Å². The van der Waals surface area contributed by atoms with E-state index in [-0.39, 0.29) is 18.4 Å². The van der Waals surface area contributed by atoms with E-state index < -0.39 is 0 Å². The third-order valence-corrected chi connectivity index (χ3v) is 3.99. The quantitative estimate of drug-likeness (QED) is 0.719. The molecule has 0 aliphatic rings. The predicted molar refractivity (Wildman–Crippen MR) is 100 cm³/mol. The van der Waals surface area contributed by atoms with Gasteiger partial charge in [0.1, 0.15) is 5.69 Å². The van der Waals surface area contributed by atoms with Crippen LogP contribution in [0.3, 0.4) is 0 Å². The summed E-state index contributed by atoms with van der Waals surface area (Å²) in [6.07, 6.45) is 3.87. The second-order valence-corrected chi connectivity index (χ2v) is 5.73. The average molecular weight is 348 g/mol. The Labute approximate surface area is 151 Å². The van der Waals surface area contributed by atoms with Crippen LogP contribution in [0.2, 0.25) is 0 Å². The van der Waals surface area contributed by atoms with Gasteiger partial charge >= 0.3 is 0 Å². The SMILES string of the molecule is CCc1ccccc1NC(=O)CNC(=O)c1cncn1-c1ccccc1. The van der Waals surface area contributed by atoms with Crippen molar-refractivity contribution in [3.05, 3.63) is 78.4 Å². The van der Waals surface area contributed by atoms with E-state index >= 15 is 0 Å². The Morgan fingerprint density at radius 1 is 1.04 bits per heavy atom. The molecule has 0 fully saturated rings. The molecule has 0 radical (unpaired) electrons. The van der Waals surface area contributed by atoms with Gasteiger partial charge in [-0.05, 0) is 30.2 Å². The first-order valence-electron chi connectivity index (χ1n) is 8.42. The first kappa shape index (κ1) is 17.4. The number of hydrogen-bond donors (Lipinski definition) is 2. The first-order valence-corrected chi connectivity index (χ1v) is 8.42. The fraction of sp³-hybridized carbons (Fsp3) is 0.150. The lowest BCUT2D eigenvalue weighted by Crippen LogP contribution is -2.34. The molecule has 26 heavy (non-hydrogen) atoms. The van der Waals surface area contributed by atoms with E-state index in [4.69, 9.17) is 0 Å². The summed E-state index contributed by atoms with van der Waals surface area (Å²) in [5, 5.41) is 5.47. The van der Waals surface area contributed by atoms with Gasteiger partial charge in [0, 0.05) is 11.4 Å². The van der Waals surface area contributed by atoms with Gasteiger partial charge in [-0.3, -0.25) is 14.2 Å². The summed E-state index contributed by atoms with van der Waals surface area (Å²) in [6, 6.07) is 17.0. The van der Waals surface area contributed by atoms with Crippen molar-refractivity contribution in [2.75, 3.05) is 11.9 Å². The summed E-state index contributed by atoms with van der Waals surface area (Å²) in [7, 11) is 0. The maximum atomic E-state index is 12.4. The highest BCUT2D eigenvalue weighted by atomic mass is 16.2. The minimum Gasteiger partial charge on any atom is -0.342 e. The molecule has 2 amide bonds. The highest BCUT2D eigenvalue weighted by molar-refractivity contribution is 5.99. The van der Waals surface area contributed by atoms with Gasteiger partial charge in [-0.25, -0.2) is 4.98 Å². The molecule has 0 atom stereocenters. The van der Waals surface area contributed by atoms with Crippen molar-refractivity contribution in [2.24, 2.45) is 0 Å². The van der Waals surface area contributed by atoms with Crippen LogP contribution in [0.15, 0.2) is 67.1 Å². The molecule has 0 aliphatic carbocycles. The van der Waals surface area contributed by atoms with Crippen LogP contribution in [-0.2, 0) is 11.2 Å². The molecule has 2 aromatic carbocycles.